The molecule has 0 radical (unpaired) electrons. The molecule has 0 aliphatic carbocycles. The maximum atomic E-state index is 12.3. The van der Waals surface area contributed by atoms with Crippen molar-refractivity contribution in [1.82, 2.24) is 0 Å². The highest BCUT2D eigenvalue weighted by Crippen LogP contribution is 2.32. The Kier molecular flexibility index (Phi) is 3.89. The van der Waals surface area contributed by atoms with Gasteiger partial charge in [0.1, 0.15) is 17.1 Å². The molecular formula is C18H16O6. The number of aryl methyl sites for hydroxylation is 1. The molecule has 2 aromatic carbocycles. The van der Waals surface area contributed by atoms with Crippen LogP contribution in [-0.4, -0.2) is 24.3 Å². The number of hydrogen-bond donors (Lipinski definition) is 1. The number of ether oxygens (including phenoxy) is 2. The van der Waals surface area contributed by atoms with Crippen molar-refractivity contribution in [2.75, 3.05) is 7.11 Å². The molecule has 124 valence electrons. The van der Waals surface area contributed by atoms with Gasteiger partial charge in [-0.25, -0.2) is 9.59 Å². The van der Waals surface area contributed by atoms with Crippen molar-refractivity contribution in [3.05, 3.63) is 46.3 Å². The van der Waals surface area contributed by atoms with Crippen LogP contribution in [0.3, 0.4) is 0 Å². The van der Waals surface area contributed by atoms with Crippen molar-refractivity contribution in [2.45, 2.75) is 20.0 Å². The zero-order valence-corrected chi connectivity index (χ0v) is 13.5. The lowest BCUT2D eigenvalue weighted by Gasteiger charge is -2.14. The van der Waals surface area contributed by atoms with E-state index < -0.39 is 17.7 Å². The number of carboxylic acid groups (broad SMARTS) is 1. The molecule has 1 atom stereocenters. The third kappa shape index (κ3) is 2.56. The zero-order chi connectivity index (χ0) is 17.4. The van der Waals surface area contributed by atoms with Gasteiger partial charge in [0.25, 0.3) is 0 Å². The predicted molar refractivity (Wildman–Crippen MR) is 89.0 cm³/mol. The SMILES string of the molecule is COc1ccc2c(c1)c(=O)oc1c(C)c(O[C@H](C)C(=O)O)ccc12. The van der Waals surface area contributed by atoms with Gasteiger partial charge in [0, 0.05) is 16.3 Å². The smallest absolute Gasteiger partial charge is 0.344 e. The molecule has 0 saturated carbocycles. The first-order chi connectivity index (χ1) is 11.4. The fourth-order valence-corrected chi connectivity index (χ4v) is 2.59. The first-order valence-electron chi connectivity index (χ1n) is 7.36. The van der Waals surface area contributed by atoms with Gasteiger partial charge in [-0.05, 0) is 44.2 Å². The Morgan fingerprint density at radius 2 is 1.88 bits per heavy atom. The highest BCUT2D eigenvalue weighted by molar-refractivity contribution is 6.06. The third-order valence-electron chi connectivity index (χ3n) is 3.94. The molecule has 0 bridgehead atoms. The first kappa shape index (κ1) is 15.9. The number of methoxy groups -OCH3 is 1. The Balaban J connectivity index is 2.24. The van der Waals surface area contributed by atoms with Gasteiger partial charge < -0.3 is 19.0 Å². The number of aliphatic carboxylic acids is 1. The minimum absolute atomic E-state index is 0.369. The molecule has 0 spiro atoms. The Morgan fingerprint density at radius 1 is 1.17 bits per heavy atom. The maximum absolute atomic E-state index is 12.3. The first-order valence-corrected chi connectivity index (χ1v) is 7.36. The summed E-state index contributed by atoms with van der Waals surface area (Å²) in [6.07, 6.45) is -1.00. The average Bonchev–Trinajstić information content (AvgIpc) is 2.57. The van der Waals surface area contributed by atoms with Crippen LogP contribution in [0.1, 0.15) is 12.5 Å². The molecule has 1 aromatic heterocycles. The highest BCUT2D eigenvalue weighted by Gasteiger charge is 2.17. The molecule has 0 amide bonds. The van der Waals surface area contributed by atoms with E-state index in [1.165, 1.54) is 14.0 Å². The monoisotopic (exact) mass is 328 g/mol. The molecule has 0 aliphatic heterocycles. The number of benzene rings is 2. The summed E-state index contributed by atoms with van der Waals surface area (Å²) in [5, 5.41) is 10.9. The largest absolute Gasteiger partial charge is 0.497 e. The number of carbonyl (C=O) groups is 1. The Hall–Kier alpha value is -3.02. The fourth-order valence-electron chi connectivity index (χ4n) is 2.59. The van der Waals surface area contributed by atoms with Gasteiger partial charge in [-0.15, -0.1) is 0 Å². The molecule has 24 heavy (non-hydrogen) atoms. The summed E-state index contributed by atoms with van der Waals surface area (Å²) >= 11 is 0. The van der Waals surface area contributed by atoms with Crippen LogP contribution in [0.5, 0.6) is 11.5 Å². The van der Waals surface area contributed by atoms with Crippen molar-refractivity contribution in [3.8, 4) is 11.5 Å². The average molecular weight is 328 g/mol. The lowest BCUT2D eigenvalue weighted by molar-refractivity contribution is -0.144. The molecule has 0 fully saturated rings. The van der Waals surface area contributed by atoms with E-state index >= 15 is 0 Å². The summed E-state index contributed by atoms with van der Waals surface area (Å²) in [6, 6.07) is 8.64. The third-order valence-corrected chi connectivity index (χ3v) is 3.94. The molecule has 1 N–H and O–H groups in total. The standard InChI is InChI=1S/C18H16O6/c1-9-15(23-10(2)17(19)20)7-6-13-12-5-4-11(22-3)8-14(12)18(21)24-16(9)13/h4-8,10H,1-3H3,(H,19,20)/t10-/m1/s1. The molecule has 0 saturated heterocycles. The number of fused-ring (bicyclic) bond motifs is 3. The van der Waals surface area contributed by atoms with Gasteiger partial charge in [-0.3, -0.25) is 0 Å². The second-order valence-corrected chi connectivity index (χ2v) is 5.46. The van der Waals surface area contributed by atoms with E-state index in [-0.39, 0.29) is 0 Å². The van der Waals surface area contributed by atoms with Crippen LogP contribution >= 0.6 is 0 Å². The molecule has 1 heterocycles. The second kappa shape index (κ2) is 5.88. The normalized spacial score (nSPS) is 12.3. The molecule has 0 aliphatic rings. The van der Waals surface area contributed by atoms with Gasteiger partial charge >= 0.3 is 11.6 Å². The van der Waals surface area contributed by atoms with E-state index in [0.29, 0.717) is 28.0 Å². The number of rotatable bonds is 4. The maximum Gasteiger partial charge on any atom is 0.344 e. The van der Waals surface area contributed by atoms with Crippen molar-refractivity contribution >= 4 is 27.7 Å². The summed E-state index contributed by atoms with van der Waals surface area (Å²) in [7, 11) is 1.53. The lowest BCUT2D eigenvalue weighted by atomic mass is 10.0. The van der Waals surface area contributed by atoms with E-state index in [4.69, 9.17) is 19.0 Å². The van der Waals surface area contributed by atoms with Gasteiger partial charge in [-0.2, -0.15) is 0 Å². The van der Waals surface area contributed by atoms with Crippen LogP contribution < -0.4 is 15.1 Å². The molecule has 6 nitrogen and oxygen atoms in total. The molecule has 6 heteroatoms. The van der Waals surface area contributed by atoms with Crippen LogP contribution in [0.2, 0.25) is 0 Å². The second-order valence-electron chi connectivity index (χ2n) is 5.46. The van der Waals surface area contributed by atoms with Gasteiger partial charge in [0.2, 0.25) is 0 Å². The van der Waals surface area contributed by atoms with E-state index in [1.54, 1.807) is 37.3 Å². The Labute approximate surface area is 137 Å². The van der Waals surface area contributed by atoms with Gasteiger partial charge in [-0.1, -0.05) is 0 Å². The van der Waals surface area contributed by atoms with E-state index in [9.17, 15) is 9.59 Å². The van der Waals surface area contributed by atoms with Gasteiger partial charge in [0.05, 0.1) is 12.5 Å². The van der Waals surface area contributed by atoms with E-state index in [0.717, 1.165) is 10.8 Å². The van der Waals surface area contributed by atoms with Crippen molar-refractivity contribution < 1.29 is 23.8 Å². The quantitative estimate of drug-likeness (QED) is 0.585. The van der Waals surface area contributed by atoms with Crippen molar-refractivity contribution in [3.63, 3.8) is 0 Å². The van der Waals surface area contributed by atoms with Gasteiger partial charge in [0.15, 0.2) is 6.10 Å². The van der Waals surface area contributed by atoms with Crippen molar-refractivity contribution in [2.24, 2.45) is 0 Å². The number of hydrogen-bond acceptors (Lipinski definition) is 5. The fraction of sp³-hybridized carbons (Fsp3) is 0.222. The van der Waals surface area contributed by atoms with Crippen LogP contribution in [0.4, 0.5) is 0 Å². The van der Waals surface area contributed by atoms with E-state index in [2.05, 4.69) is 0 Å². The highest BCUT2D eigenvalue weighted by atomic mass is 16.5. The minimum atomic E-state index is -1.07. The van der Waals surface area contributed by atoms with Crippen molar-refractivity contribution in [1.29, 1.82) is 0 Å². The predicted octanol–water partition coefficient (Wildman–Crippen LogP) is 3.12. The molecular weight excluding hydrogens is 312 g/mol. The topological polar surface area (TPSA) is 86.0 Å². The zero-order valence-electron chi connectivity index (χ0n) is 13.5. The van der Waals surface area contributed by atoms with E-state index in [1.807, 2.05) is 0 Å². The van der Waals surface area contributed by atoms with Crippen LogP contribution in [-0.2, 0) is 4.79 Å². The minimum Gasteiger partial charge on any atom is -0.497 e. The summed E-state index contributed by atoms with van der Waals surface area (Å²) in [5.41, 5.74) is 0.478. The molecule has 3 aromatic rings. The summed E-state index contributed by atoms with van der Waals surface area (Å²) in [6.45, 7) is 3.17. The lowest BCUT2D eigenvalue weighted by Crippen LogP contribution is -2.23. The Morgan fingerprint density at radius 3 is 2.54 bits per heavy atom. The summed E-state index contributed by atoms with van der Waals surface area (Å²) in [4.78, 5) is 23.3. The van der Waals surface area contributed by atoms with Crippen LogP contribution in [0.15, 0.2) is 39.5 Å². The van der Waals surface area contributed by atoms with Crippen LogP contribution in [0, 0.1) is 6.92 Å². The summed E-state index contributed by atoms with van der Waals surface area (Å²) < 4.78 is 16.0. The molecule has 0 unspecified atom stereocenters. The van der Waals surface area contributed by atoms with Crippen LogP contribution in [0.25, 0.3) is 21.7 Å². The number of carboxylic acids is 1. The molecule has 3 rings (SSSR count). The Bertz CT molecular complexity index is 1000. The summed E-state index contributed by atoms with van der Waals surface area (Å²) in [5.74, 6) is -0.129.